The molecule has 0 spiro atoms. The van der Waals surface area contributed by atoms with Gasteiger partial charge in [0, 0.05) is 29.1 Å². The van der Waals surface area contributed by atoms with Gasteiger partial charge in [0.1, 0.15) is 5.82 Å². The van der Waals surface area contributed by atoms with E-state index in [1.807, 2.05) is 44.2 Å². The molecule has 3 aromatic rings. The summed E-state index contributed by atoms with van der Waals surface area (Å²) in [6.07, 6.45) is 2.42. The lowest BCUT2D eigenvalue weighted by Crippen LogP contribution is -2.28. The molecule has 0 bridgehead atoms. The van der Waals surface area contributed by atoms with Gasteiger partial charge in [0.25, 0.3) is 0 Å². The molecule has 0 aliphatic heterocycles. The number of carbonyl (C=O) groups excluding carboxylic acids is 1. The van der Waals surface area contributed by atoms with Crippen molar-refractivity contribution in [1.29, 1.82) is 0 Å². The van der Waals surface area contributed by atoms with Gasteiger partial charge in [0.15, 0.2) is 0 Å². The number of fused-ring (bicyclic) bond motifs is 2. The fourth-order valence-corrected chi connectivity index (χ4v) is 3.49. The highest BCUT2D eigenvalue weighted by Gasteiger charge is 2.27. The van der Waals surface area contributed by atoms with Crippen LogP contribution in [0.5, 0.6) is 0 Å². The smallest absolute Gasteiger partial charge is 0.227 e. The van der Waals surface area contributed by atoms with E-state index in [4.69, 9.17) is 0 Å². The summed E-state index contributed by atoms with van der Waals surface area (Å²) in [5.74, 6) is 0.977. The van der Waals surface area contributed by atoms with Crippen LogP contribution in [0.25, 0.3) is 10.9 Å². The molecule has 1 aliphatic rings. The zero-order chi connectivity index (χ0) is 16.7. The van der Waals surface area contributed by atoms with Crippen molar-refractivity contribution in [1.82, 2.24) is 15.0 Å². The number of H-pyrrole nitrogens is 1. The van der Waals surface area contributed by atoms with Gasteiger partial charge in [0.2, 0.25) is 5.91 Å². The van der Waals surface area contributed by atoms with Crippen molar-refractivity contribution < 1.29 is 4.79 Å². The van der Waals surface area contributed by atoms with Gasteiger partial charge in [-0.3, -0.25) is 9.78 Å². The van der Waals surface area contributed by atoms with Gasteiger partial charge in [-0.15, -0.1) is 0 Å². The van der Waals surface area contributed by atoms with E-state index in [9.17, 15) is 4.79 Å². The standard InChI is InChI=1S/C19H20N4O/c1-11-9-17(14-5-3-4-6-15(14)20-11)23-19(24)13-7-8-16-18(10-13)22-12(2)21-16/h3-6,9,13H,7-8,10H2,1-2H3,(H,21,22)(H,20,23,24). The molecule has 2 aromatic heterocycles. The summed E-state index contributed by atoms with van der Waals surface area (Å²) in [4.78, 5) is 25.1. The molecule has 1 aromatic carbocycles. The Kier molecular flexibility index (Phi) is 3.56. The van der Waals surface area contributed by atoms with Crippen LogP contribution in [0.3, 0.4) is 0 Å². The van der Waals surface area contributed by atoms with Crippen LogP contribution in [0.2, 0.25) is 0 Å². The second-order valence-corrected chi connectivity index (χ2v) is 6.50. The normalized spacial score (nSPS) is 16.8. The third kappa shape index (κ3) is 2.66. The van der Waals surface area contributed by atoms with E-state index in [1.54, 1.807) is 0 Å². The number of aromatic amines is 1. The zero-order valence-electron chi connectivity index (χ0n) is 13.9. The topological polar surface area (TPSA) is 70.7 Å². The zero-order valence-corrected chi connectivity index (χ0v) is 13.9. The number of pyridine rings is 1. The number of nitrogens with one attached hydrogen (secondary N) is 2. The predicted octanol–water partition coefficient (Wildman–Crippen LogP) is 3.32. The first kappa shape index (κ1) is 14.9. The van der Waals surface area contributed by atoms with Crippen molar-refractivity contribution in [3.63, 3.8) is 0 Å². The molecule has 122 valence electrons. The molecule has 1 amide bonds. The third-order valence-corrected chi connectivity index (χ3v) is 4.64. The molecular weight excluding hydrogens is 300 g/mol. The molecule has 0 radical (unpaired) electrons. The Morgan fingerprint density at radius 1 is 1.25 bits per heavy atom. The van der Waals surface area contributed by atoms with Crippen molar-refractivity contribution in [3.05, 3.63) is 53.2 Å². The fraction of sp³-hybridized carbons (Fsp3) is 0.316. The van der Waals surface area contributed by atoms with Crippen LogP contribution >= 0.6 is 0 Å². The van der Waals surface area contributed by atoms with Gasteiger partial charge < -0.3 is 10.3 Å². The molecule has 1 atom stereocenters. The number of nitrogens with zero attached hydrogens (tertiary/aromatic N) is 2. The number of aryl methyl sites for hydroxylation is 3. The van der Waals surface area contributed by atoms with Gasteiger partial charge in [-0.05, 0) is 38.8 Å². The van der Waals surface area contributed by atoms with E-state index >= 15 is 0 Å². The molecule has 2 N–H and O–H groups in total. The maximum absolute atomic E-state index is 12.8. The average Bonchev–Trinajstić information content (AvgIpc) is 2.93. The van der Waals surface area contributed by atoms with Crippen LogP contribution in [-0.2, 0) is 17.6 Å². The Labute approximate surface area is 140 Å². The lowest BCUT2D eigenvalue weighted by atomic mass is 9.89. The second kappa shape index (κ2) is 5.74. The summed E-state index contributed by atoms with van der Waals surface area (Å²) in [6.45, 7) is 3.90. The van der Waals surface area contributed by atoms with Crippen molar-refractivity contribution >= 4 is 22.5 Å². The maximum Gasteiger partial charge on any atom is 0.227 e. The summed E-state index contributed by atoms with van der Waals surface area (Å²) in [6, 6.07) is 9.83. The first-order valence-corrected chi connectivity index (χ1v) is 8.32. The molecule has 0 saturated carbocycles. The van der Waals surface area contributed by atoms with Gasteiger partial charge in [0.05, 0.1) is 16.9 Å². The van der Waals surface area contributed by atoms with Gasteiger partial charge in [-0.2, -0.15) is 0 Å². The number of aromatic nitrogens is 3. The summed E-state index contributed by atoms with van der Waals surface area (Å²) in [5, 5.41) is 4.10. The Morgan fingerprint density at radius 2 is 2.08 bits per heavy atom. The van der Waals surface area contributed by atoms with E-state index in [-0.39, 0.29) is 11.8 Å². The minimum absolute atomic E-state index is 0.0235. The van der Waals surface area contributed by atoms with E-state index in [1.165, 1.54) is 0 Å². The molecule has 0 saturated heterocycles. The first-order valence-electron chi connectivity index (χ1n) is 8.32. The van der Waals surface area contributed by atoms with Crippen LogP contribution < -0.4 is 5.32 Å². The molecule has 1 aliphatic carbocycles. The molecule has 5 heteroatoms. The molecule has 5 nitrogen and oxygen atoms in total. The fourth-order valence-electron chi connectivity index (χ4n) is 3.49. The van der Waals surface area contributed by atoms with Gasteiger partial charge in [-0.25, -0.2) is 4.98 Å². The van der Waals surface area contributed by atoms with Crippen molar-refractivity contribution in [2.75, 3.05) is 5.32 Å². The third-order valence-electron chi connectivity index (χ3n) is 4.64. The van der Waals surface area contributed by atoms with Crippen LogP contribution in [0, 0.1) is 19.8 Å². The quantitative estimate of drug-likeness (QED) is 0.761. The van der Waals surface area contributed by atoms with Crippen LogP contribution in [0.15, 0.2) is 30.3 Å². The molecule has 4 rings (SSSR count). The highest BCUT2D eigenvalue weighted by molar-refractivity contribution is 6.01. The first-order chi connectivity index (χ1) is 11.6. The van der Waals surface area contributed by atoms with Crippen LogP contribution in [0.4, 0.5) is 5.69 Å². The number of hydrogen-bond donors (Lipinski definition) is 2. The lowest BCUT2D eigenvalue weighted by Gasteiger charge is -2.21. The summed E-state index contributed by atoms with van der Waals surface area (Å²) in [5.41, 5.74) is 4.87. The van der Waals surface area contributed by atoms with Crippen molar-refractivity contribution in [2.45, 2.75) is 33.1 Å². The molecule has 1 unspecified atom stereocenters. The number of anilines is 1. The van der Waals surface area contributed by atoms with Crippen molar-refractivity contribution in [3.8, 4) is 0 Å². The van der Waals surface area contributed by atoms with Gasteiger partial charge in [-0.1, -0.05) is 18.2 Å². The monoisotopic (exact) mass is 320 g/mol. The summed E-state index contributed by atoms with van der Waals surface area (Å²) >= 11 is 0. The van der Waals surface area contributed by atoms with E-state index in [0.29, 0.717) is 0 Å². The number of hydrogen-bond acceptors (Lipinski definition) is 3. The van der Waals surface area contributed by atoms with Crippen molar-refractivity contribution in [2.24, 2.45) is 5.92 Å². The Balaban J connectivity index is 1.59. The number of rotatable bonds is 2. The predicted molar refractivity (Wildman–Crippen MR) is 93.9 cm³/mol. The number of imidazole rings is 1. The minimum Gasteiger partial charge on any atom is -0.346 e. The highest BCUT2D eigenvalue weighted by Crippen LogP contribution is 2.27. The Hall–Kier alpha value is -2.69. The summed E-state index contributed by atoms with van der Waals surface area (Å²) < 4.78 is 0. The van der Waals surface area contributed by atoms with Crippen LogP contribution in [-0.4, -0.2) is 20.9 Å². The average molecular weight is 320 g/mol. The van der Waals surface area contributed by atoms with E-state index in [2.05, 4.69) is 20.3 Å². The number of carbonyl (C=O) groups is 1. The molecule has 24 heavy (non-hydrogen) atoms. The van der Waals surface area contributed by atoms with Crippen LogP contribution in [0.1, 0.15) is 29.3 Å². The van der Waals surface area contributed by atoms with E-state index in [0.717, 1.165) is 58.8 Å². The Morgan fingerprint density at radius 3 is 2.96 bits per heavy atom. The number of benzene rings is 1. The highest BCUT2D eigenvalue weighted by atomic mass is 16.1. The minimum atomic E-state index is -0.0235. The second-order valence-electron chi connectivity index (χ2n) is 6.50. The molecular formula is C19H20N4O. The SMILES string of the molecule is Cc1cc(NC(=O)C2CCc3nc(C)[nH]c3C2)c2ccccc2n1. The maximum atomic E-state index is 12.8. The largest absolute Gasteiger partial charge is 0.346 e. The number of para-hydroxylation sites is 1. The lowest BCUT2D eigenvalue weighted by molar-refractivity contribution is -0.120. The Bertz CT molecular complexity index is 928. The van der Waals surface area contributed by atoms with E-state index < -0.39 is 0 Å². The summed E-state index contributed by atoms with van der Waals surface area (Å²) in [7, 11) is 0. The van der Waals surface area contributed by atoms with Gasteiger partial charge >= 0.3 is 0 Å². The number of amides is 1. The molecule has 2 heterocycles. The molecule has 0 fully saturated rings.